The topological polar surface area (TPSA) is 117 Å². The van der Waals surface area contributed by atoms with E-state index in [0.717, 1.165) is 6.07 Å². The fourth-order valence-corrected chi connectivity index (χ4v) is 2.01. The largest absolute Gasteiger partial charge is 0.479 e. The van der Waals surface area contributed by atoms with E-state index in [1.54, 1.807) is 24.3 Å². The lowest BCUT2D eigenvalue weighted by Crippen LogP contribution is -2.02. The summed E-state index contributed by atoms with van der Waals surface area (Å²) in [5.41, 5.74) is 0.281. The molecular weight excluding hydrogens is 322 g/mol. The molecule has 0 saturated heterocycles. The third-order valence-corrected chi connectivity index (χ3v) is 3.18. The summed E-state index contributed by atoms with van der Waals surface area (Å²) in [4.78, 5) is 22.6. The van der Waals surface area contributed by atoms with Crippen molar-refractivity contribution in [1.29, 1.82) is 10.5 Å². The number of ketones is 1. The van der Waals surface area contributed by atoms with Crippen LogP contribution >= 0.6 is 0 Å². The molecule has 0 unspecified atom stereocenters. The van der Waals surface area contributed by atoms with E-state index in [2.05, 4.69) is 0 Å². The van der Waals surface area contributed by atoms with Crippen molar-refractivity contribution in [3.8, 4) is 17.9 Å². The van der Waals surface area contributed by atoms with Crippen LogP contribution in [0.25, 0.3) is 6.08 Å². The number of hydrogen-bond acceptors (Lipinski definition) is 6. The number of nitro benzene ring substituents is 1. The number of nitriles is 2. The van der Waals surface area contributed by atoms with Gasteiger partial charge in [0, 0.05) is 17.7 Å². The van der Waals surface area contributed by atoms with Crippen molar-refractivity contribution >= 4 is 17.5 Å². The number of Topliss-reactive ketones (excluding diaryl/α,β-unsaturated/α-hetero) is 1. The highest BCUT2D eigenvalue weighted by Gasteiger charge is 2.15. The van der Waals surface area contributed by atoms with Gasteiger partial charge in [-0.05, 0) is 23.8 Å². The van der Waals surface area contributed by atoms with E-state index in [1.807, 2.05) is 12.1 Å². The molecule has 2 aromatic carbocycles. The second kappa shape index (κ2) is 8.04. The van der Waals surface area contributed by atoms with Gasteiger partial charge in [0.1, 0.15) is 23.5 Å². The number of rotatable bonds is 6. The lowest BCUT2D eigenvalue weighted by Gasteiger charge is -2.03. The first-order chi connectivity index (χ1) is 12.0. The van der Waals surface area contributed by atoms with Crippen LogP contribution in [0.5, 0.6) is 5.75 Å². The maximum Gasteiger partial charge on any atom is 0.270 e. The molecule has 0 aliphatic carbocycles. The molecule has 0 aliphatic rings. The van der Waals surface area contributed by atoms with Gasteiger partial charge in [-0.15, -0.1) is 0 Å². The molecule has 0 aliphatic heterocycles. The summed E-state index contributed by atoms with van der Waals surface area (Å²) in [5, 5.41) is 28.5. The molecule has 122 valence electrons. The Morgan fingerprint density at radius 3 is 2.52 bits per heavy atom. The number of allylic oxidation sites excluding steroid dienone is 1. The van der Waals surface area contributed by atoms with Gasteiger partial charge in [-0.25, -0.2) is 0 Å². The van der Waals surface area contributed by atoms with E-state index in [-0.39, 0.29) is 23.4 Å². The molecular formula is C18H11N3O4. The molecule has 7 heteroatoms. The monoisotopic (exact) mass is 333 g/mol. The van der Waals surface area contributed by atoms with Crippen LogP contribution in [-0.4, -0.2) is 17.3 Å². The van der Waals surface area contributed by atoms with Gasteiger partial charge in [0.2, 0.25) is 5.78 Å². The minimum absolute atomic E-state index is 0.0657. The minimum Gasteiger partial charge on any atom is -0.479 e. The van der Waals surface area contributed by atoms with Crippen LogP contribution in [0.3, 0.4) is 0 Å². The highest BCUT2D eigenvalue weighted by Crippen LogP contribution is 2.19. The second-order valence-corrected chi connectivity index (χ2v) is 4.82. The summed E-state index contributed by atoms with van der Waals surface area (Å²) < 4.78 is 5.12. The predicted octanol–water partition coefficient (Wildman–Crippen LogP) is 3.29. The first kappa shape index (κ1) is 17.4. The summed E-state index contributed by atoms with van der Waals surface area (Å²) in [6, 6.07) is 15.3. The average Bonchev–Trinajstić information content (AvgIpc) is 2.65. The van der Waals surface area contributed by atoms with Crippen LogP contribution in [0.1, 0.15) is 15.9 Å². The third-order valence-electron chi connectivity index (χ3n) is 3.18. The van der Waals surface area contributed by atoms with Gasteiger partial charge >= 0.3 is 0 Å². The number of ether oxygens (including phenoxy) is 1. The number of carbonyl (C=O) groups is 1. The Morgan fingerprint density at radius 1 is 1.20 bits per heavy atom. The fraction of sp³-hybridized carbons (Fsp3) is 0.0556. The smallest absolute Gasteiger partial charge is 0.270 e. The normalized spacial score (nSPS) is 10.4. The average molecular weight is 333 g/mol. The molecule has 2 aromatic rings. The molecule has 25 heavy (non-hydrogen) atoms. The number of hydrogen-bond donors (Lipinski definition) is 0. The zero-order valence-electron chi connectivity index (χ0n) is 12.9. The number of nitro groups is 1. The van der Waals surface area contributed by atoms with Crippen molar-refractivity contribution in [3.05, 3.63) is 75.3 Å². The van der Waals surface area contributed by atoms with Crippen molar-refractivity contribution in [2.45, 2.75) is 0 Å². The molecule has 0 amide bonds. The van der Waals surface area contributed by atoms with E-state index in [4.69, 9.17) is 10.00 Å². The lowest BCUT2D eigenvalue weighted by atomic mass is 10.0. The third kappa shape index (κ3) is 4.50. The van der Waals surface area contributed by atoms with Crippen LogP contribution in [0.4, 0.5) is 5.69 Å². The summed E-state index contributed by atoms with van der Waals surface area (Å²) in [6.07, 6.45) is 1.38. The van der Waals surface area contributed by atoms with E-state index in [9.17, 15) is 20.2 Å². The van der Waals surface area contributed by atoms with E-state index < -0.39 is 10.7 Å². The van der Waals surface area contributed by atoms with Crippen LogP contribution in [-0.2, 0) is 0 Å². The lowest BCUT2D eigenvalue weighted by molar-refractivity contribution is -0.384. The summed E-state index contributed by atoms with van der Waals surface area (Å²) in [5.74, 6) is -0.113. The van der Waals surface area contributed by atoms with Gasteiger partial charge < -0.3 is 4.74 Å². The zero-order valence-corrected chi connectivity index (χ0v) is 12.9. The van der Waals surface area contributed by atoms with Crippen molar-refractivity contribution < 1.29 is 14.5 Å². The van der Waals surface area contributed by atoms with Crippen molar-refractivity contribution in [2.24, 2.45) is 0 Å². The van der Waals surface area contributed by atoms with Crippen LogP contribution in [0.15, 0.2) is 54.1 Å². The van der Waals surface area contributed by atoms with Gasteiger partial charge in [0.05, 0.1) is 4.92 Å². The number of carbonyl (C=O) groups excluding carboxylic acids is 1. The predicted molar refractivity (Wildman–Crippen MR) is 88.6 cm³/mol. The Kier molecular flexibility index (Phi) is 5.59. The molecule has 0 aromatic heterocycles. The molecule has 0 bridgehead atoms. The summed E-state index contributed by atoms with van der Waals surface area (Å²) >= 11 is 0. The van der Waals surface area contributed by atoms with E-state index >= 15 is 0 Å². The molecule has 0 radical (unpaired) electrons. The first-order valence-electron chi connectivity index (χ1n) is 7.06. The number of benzene rings is 2. The molecule has 0 atom stereocenters. The van der Waals surface area contributed by atoms with Crippen LogP contribution < -0.4 is 4.74 Å². The molecule has 7 nitrogen and oxygen atoms in total. The van der Waals surface area contributed by atoms with Gasteiger partial charge in [0.25, 0.3) is 5.69 Å². The molecule has 0 fully saturated rings. The van der Waals surface area contributed by atoms with Crippen LogP contribution in [0, 0.1) is 32.8 Å². The SMILES string of the molecule is N#CCOc1ccc(/C=C(\C#N)C(=O)c2cccc([N+](=O)[O-])c2)cc1. The Labute approximate surface area is 143 Å². The highest BCUT2D eigenvalue weighted by atomic mass is 16.6. The molecule has 2 rings (SSSR count). The standard InChI is InChI=1S/C18H11N3O4/c19-8-9-25-17-6-4-13(5-7-17)10-15(12-20)18(22)14-2-1-3-16(11-14)21(23)24/h1-7,10-11H,9H2/b15-10+. The first-order valence-corrected chi connectivity index (χ1v) is 7.06. The Morgan fingerprint density at radius 2 is 1.92 bits per heavy atom. The number of non-ortho nitro benzene ring substituents is 1. The molecule has 0 N–H and O–H groups in total. The Hall–Kier alpha value is -3.97. The minimum atomic E-state index is -0.605. The molecule has 0 saturated carbocycles. The van der Waals surface area contributed by atoms with Gasteiger partial charge in [-0.2, -0.15) is 10.5 Å². The maximum absolute atomic E-state index is 12.4. The van der Waals surface area contributed by atoms with Crippen molar-refractivity contribution in [2.75, 3.05) is 6.61 Å². The summed E-state index contributed by atoms with van der Waals surface area (Å²) in [7, 11) is 0. The quantitative estimate of drug-likeness (QED) is 0.263. The van der Waals surface area contributed by atoms with Gasteiger partial charge in [0.15, 0.2) is 6.61 Å². The molecule has 0 spiro atoms. The Balaban J connectivity index is 2.26. The highest BCUT2D eigenvalue weighted by molar-refractivity contribution is 6.14. The van der Waals surface area contributed by atoms with Crippen molar-refractivity contribution in [1.82, 2.24) is 0 Å². The fourth-order valence-electron chi connectivity index (χ4n) is 2.01. The van der Waals surface area contributed by atoms with E-state index in [1.165, 1.54) is 24.3 Å². The van der Waals surface area contributed by atoms with Crippen molar-refractivity contribution in [3.63, 3.8) is 0 Å². The van der Waals surface area contributed by atoms with E-state index in [0.29, 0.717) is 11.3 Å². The van der Waals surface area contributed by atoms with Gasteiger partial charge in [-0.3, -0.25) is 14.9 Å². The second-order valence-electron chi connectivity index (χ2n) is 4.82. The number of nitrogens with zero attached hydrogens (tertiary/aromatic N) is 3. The molecule has 0 heterocycles. The zero-order chi connectivity index (χ0) is 18.2. The Bertz CT molecular complexity index is 919. The summed E-state index contributed by atoms with van der Waals surface area (Å²) in [6.45, 7) is -0.0795. The maximum atomic E-state index is 12.4. The van der Waals surface area contributed by atoms with Gasteiger partial charge in [-0.1, -0.05) is 24.3 Å². The van der Waals surface area contributed by atoms with Crippen LogP contribution in [0.2, 0.25) is 0 Å².